The summed E-state index contributed by atoms with van der Waals surface area (Å²) in [5, 5.41) is 12.4. The predicted molar refractivity (Wildman–Crippen MR) is 65.9 cm³/mol. The Balaban J connectivity index is 2.15. The highest BCUT2D eigenvalue weighted by molar-refractivity contribution is 5.93. The molecule has 1 aliphatic heterocycles. The fraction of sp³-hybridized carbons (Fsp3) is 0.0714. The van der Waals surface area contributed by atoms with Crippen molar-refractivity contribution in [3.05, 3.63) is 59.2 Å². The summed E-state index contributed by atoms with van der Waals surface area (Å²) in [6.45, 7) is 0. The molecule has 0 aromatic heterocycles. The molecule has 1 heterocycles. The quantitative estimate of drug-likeness (QED) is 0.669. The number of carbonyl (C=O) groups is 1. The summed E-state index contributed by atoms with van der Waals surface area (Å²) in [5.74, 6) is -0.872. The molecule has 0 amide bonds. The average Bonchev–Trinajstić information content (AvgIpc) is 2.35. The van der Waals surface area contributed by atoms with Gasteiger partial charge in [-0.1, -0.05) is 24.3 Å². The molecule has 0 aliphatic carbocycles. The minimum atomic E-state index is -0.872. The highest BCUT2D eigenvalue weighted by Gasteiger charge is 2.19. The van der Waals surface area contributed by atoms with Crippen molar-refractivity contribution in [3.8, 4) is 0 Å². The average molecular weight is 225 g/mol. The number of para-hydroxylation sites is 1. The van der Waals surface area contributed by atoms with E-state index < -0.39 is 5.97 Å². The van der Waals surface area contributed by atoms with E-state index >= 15 is 0 Å². The van der Waals surface area contributed by atoms with Gasteiger partial charge in [-0.15, -0.1) is 0 Å². The van der Waals surface area contributed by atoms with Crippen LogP contribution in [-0.2, 0) is 6.42 Å². The van der Waals surface area contributed by atoms with Crippen LogP contribution >= 0.6 is 0 Å². The molecule has 2 aromatic carbocycles. The Bertz CT molecular complexity index is 605. The van der Waals surface area contributed by atoms with Crippen molar-refractivity contribution >= 4 is 17.3 Å². The van der Waals surface area contributed by atoms with Gasteiger partial charge in [-0.2, -0.15) is 0 Å². The first kappa shape index (κ1) is 9.90. The molecular formula is C14H11NO2. The van der Waals surface area contributed by atoms with E-state index in [1.165, 1.54) is 0 Å². The Morgan fingerprint density at radius 1 is 1.06 bits per heavy atom. The van der Waals surface area contributed by atoms with Crippen LogP contribution in [0.5, 0.6) is 0 Å². The lowest BCUT2D eigenvalue weighted by molar-refractivity contribution is 0.0696. The van der Waals surface area contributed by atoms with E-state index in [4.69, 9.17) is 5.11 Å². The maximum absolute atomic E-state index is 11.2. The number of carboxylic acids is 1. The third kappa shape index (κ3) is 1.56. The second-order valence-corrected chi connectivity index (χ2v) is 4.10. The number of hydrogen-bond donors (Lipinski definition) is 2. The van der Waals surface area contributed by atoms with Crippen molar-refractivity contribution in [1.29, 1.82) is 0 Å². The van der Waals surface area contributed by atoms with Gasteiger partial charge in [0.25, 0.3) is 0 Å². The first-order valence-corrected chi connectivity index (χ1v) is 5.46. The van der Waals surface area contributed by atoms with E-state index in [-0.39, 0.29) is 0 Å². The number of fused-ring (bicyclic) bond motifs is 2. The Morgan fingerprint density at radius 2 is 1.82 bits per heavy atom. The molecule has 0 saturated heterocycles. The van der Waals surface area contributed by atoms with E-state index in [1.807, 2.05) is 30.3 Å². The number of benzene rings is 2. The molecule has 2 N–H and O–H groups in total. The van der Waals surface area contributed by atoms with Crippen molar-refractivity contribution < 1.29 is 9.90 Å². The Hall–Kier alpha value is -2.29. The second kappa shape index (κ2) is 3.63. The van der Waals surface area contributed by atoms with Gasteiger partial charge in [0.1, 0.15) is 0 Å². The van der Waals surface area contributed by atoms with Crippen LogP contribution < -0.4 is 5.32 Å². The van der Waals surface area contributed by atoms with Gasteiger partial charge in [-0.25, -0.2) is 4.79 Å². The number of nitrogens with one attached hydrogen (secondary N) is 1. The van der Waals surface area contributed by atoms with Crippen LogP contribution in [0.15, 0.2) is 42.5 Å². The normalized spacial score (nSPS) is 12.2. The van der Waals surface area contributed by atoms with Crippen LogP contribution in [0.2, 0.25) is 0 Å². The lowest BCUT2D eigenvalue weighted by atomic mass is 9.93. The summed E-state index contributed by atoms with van der Waals surface area (Å²) in [4.78, 5) is 11.2. The van der Waals surface area contributed by atoms with E-state index in [9.17, 15) is 4.79 Å². The van der Waals surface area contributed by atoms with E-state index in [0.717, 1.165) is 22.5 Å². The number of anilines is 2. The molecule has 2 aromatic rings. The smallest absolute Gasteiger partial charge is 0.336 e. The third-order valence-corrected chi connectivity index (χ3v) is 3.06. The van der Waals surface area contributed by atoms with Gasteiger partial charge in [0.15, 0.2) is 0 Å². The molecule has 0 bridgehead atoms. The van der Waals surface area contributed by atoms with Crippen molar-refractivity contribution in [2.24, 2.45) is 0 Å². The van der Waals surface area contributed by atoms with Gasteiger partial charge >= 0.3 is 5.97 Å². The highest BCUT2D eigenvalue weighted by atomic mass is 16.4. The summed E-state index contributed by atoms with van der Waals surface area (Å²) in [5.41, 5.74) is 4.32. The fourth-order valence-corrected chi connectivity index (χ4v) is 2.23. The lowest BCUT2D eigenvalue weighted by Crippen LogP contribution is -2.11. The molecule has 0 atom stereocenters. The first-order chi connectivity index (χ1) is 8.25. The van der Waals surface area contributed by atoms with Crippen molar-refractivity contribution in [3.63, 3.8) is 0 Å². The first-order valence-electron chi connectivity index (χ1n) is 5.46. The molecule has 1 aliphatic rings. The van der Waals surface area contributed by atoms with Crippen LogP contribution in [0.3, 0.4) is 0 Å². The van der Waals surface area contributed by atoms with Gasteiger partial charge in [0.05, 0.1) is 5.56 Å². The number of aromatic carboxylic acids is 1. The minimum Gasteiger partial charge on any atom is -0.478 e. The lowest BCUT2D eigenvalue weighted by Gasteiger charge is -2.22. The zero-order valence-corrected chi connectivity index (χ0v) is 9.10. The van der Waals surface area contributed by atoms with Crippen molar-refractivity contribution in [2.45, 2.75) is 6.42 Å². The summed E-state index contributed by atoms with van der Waals surface area (Å²) >= 11 is 0. The van der Waals surface area contributed by atoms with Crippen molar-refractivity contribution in [1.82, 2.24) is 0 Å². The van der Waals surface area contributed by atoms with Crippen LogP contribution in [-0.4, -0.2) is 11.1 Å². The van der Waals surface area contributed by atoms with Crippen molar-refractivity contribution in [2.75, 3.05) is 5.32 Å². The standard InChI is InChI=1S/C14H11NO2/c16-14(17)10-5-3-7-13-11(10)8-9-4-1-2-6-12(9)15-13/h1-7,15H,8H2,(H,16,17). The highest BCUT2D eigenvalue weighted by Crippen LogP contribution is 2.34. The van der Waals surface area contributed by atoms with E-state index in [0.29, 0.717) is 12.0 Å². The largest absolute Gasteiger partial charge is 0.478 e. The Labute approximate surface area is 98.7 Å². The van der Waals surface area contributed by atoms with Gasteiger partial charge in [-0.3, -0.25) is 0 Å². The maximum atomic E-state index is 11.2. The number of carboxylic acid groups (broad SMARTS) is 1. The summed E-state index contributed by atoms with van der Waals surface area (Å²) < 4.78 is 0. The molecule has 17 heavy (non-hydrogen) atoms. The van der Waals surface area contributed by atoms with Crippen LogP contribution in [0.1, 0.15) is 21.5 Å². The zero-order valence-electron chi connectivity index (χ0n) is 9.10. The molecule has 0 fully saturated rings. The second-order valence-electron chi connectivity index (χ2n) is 4.10. The molecule has 0 radical (unpaired) electrons. The molecule has 0 spiro atoms. The van der Waals surface area contributed by atoms with E-state index in [1.54, 1.807) is 12.1 Å². The van der Waals surface area contributed by atoms with Crippen LogP contribution in [0.25, 0.3) is 0 Å². The van der Waals surface area contributed by atoms with Gasteiger partial charge in [-0.05, 0) is 29.3 Å². The van der Waals surface area contributed by atoms with Crippen LogP contribution in [0, 0.1) is 0 Å². The predicted octanol–water partition coefficient (Wildman–Crippen LogP) is 3.03. The Morgan fingerprint density at radius 3 is 2.65 bits per heavy atom. The third-order valence-electron chi connectivity index (χ3n) is 3.06. The summed E-state index contributed by atoms with van der Waals surface area (Å²) in [6, 6.07) is 13.3. The van der Waals surface area contributed by atoms with Gasteiger partial charge in [0, 0.05) is 17.8 Å². The fourth-order valence-electron chi connectivity index (χ4n) is 2.23. The Kier molecular flexibility index (Phi) is 2.11. The number of rotatable bonds is 1. The monoisotopic (exact) mass is 225 g/mol. The molecule has 84 valence electrons. The summed E-state index contributed by atoms with van der Waals surface area (Å²) in [6.07, 6.45) is 0.668. The topological polar surface area (TPSA) is 49.3 Å². The molecule has 0 unspecified atom stereocenters. The van der Waals surface area contributed by atoms with Crippen LogP contribution in [0.4, 0.5) is 11.4 Å². The molecule has 3 rings (SSSR count). The molecule has 3 heteroatoms. The van der Waals surface area contributed by atoms with E-state index in [2.05, 4.69) is 5.32 Å². The SMILES string of the molecule is O=C(O)c1cccc2c1Cc1ccccc1N2. The summed E-state index contributed by atoms with van der Waals surface area (Å²) in [7, 11) is 0. The zero-order chi connectivity index (χ0) is 11.8. The maximum Gasteiger partial charge on any atom is 0.336 e. The minimum absolute atomic E-state index is 0.379. The van der Waals surface area contributed by atoms with Gasteiger partial charge in [0.2, 0.25) is 0 Å². The van der Waals surface area contributed by atoms with Gasteiger partial charge < -0.3 is 10.4 Å². The molecule has 0 saturated carbocycles. The molecular weight excluding hydrogens is 214 g/mol. The number of hydrogen-bond acceptors (Lipinski definition) is 2. The molecule has 3 nitrogen and oxygen atoms in total.